The molecule has 138 valence electrons. The van der Waals surface area contributed by atoms with E-state index in [1.54, 1.807) is 0 Å². The molecule has 3 heterocycles. The van der Waals surface area contributed by atoms with E-state index < -0.39 is 6.36 Å². The van der Waals surface area contributed by atoms with Crippen molar-refractivity contribution in [3.05, 3.63) is 35.3 Å². The number of nitrogens with one attached hydrogen (secondary N) is 2. The van der Waals surface area contributed by atoms with Crippen molar-refractivity contribution in [3.8, 4) is 16.3 Å². The van der Waals surface area contributed by atoms with Gasteiger partial charge in [0, 0.05) is 23.7 Å². The van der Waals surface area contributed by atoms with Gasteiger partial charge in [0.05, 0.1) is 6.20 Å². The summed E-state index contributed by atoms with van der Waals surface area (Å²) < 4.78 is 40.4. The van der Waals surface area contributed by atoms with Crippen molar-refractivity contribution >= 4 is 17.2 Å². The van der Waals surface area contributed by atoms with E-state index in [2.05, 4.69) is 20.4 Å². The fraction of sp³-hybridized carbons (Fsp3) is 0.412. The Kier molecular flexibility index (Phi) is 4.36. The molecular weight excluding hydrogens is 367 g/mol. The Morgan fingerprint density at radius 3 is 2.65 bits per heavy atom. The monoisotopic (exact) mass is 383 g/mol. The van der Waals surface area contributed by atoms with Crippen LogP contribution in [0.2, 0.25) is 0 Å². The lowest BCUT2D eigenvalue weighted by Crippen LogP contribution is -2.42. The summed E-state index contributed by atoms with van der Waals surface area (Å²) in [6.07, 6.45) is -0.0347. The van der Waals surface area contributed by atoms with E-state index in [0.29, 0.717) is 27.5 Å². The van der Waals surface area contributed by atoms with Gasteiger partial charge in [-0.3, -0.25) is 4.79 Å². The SMILES string of the molecule is O=C(NC1CC2CCC1N2)c1cnc(-c2ccc(OC(F)(F)F)cc2)s1. The highest BCUT2D eigenvalue weighted by Gasteiger charge is 2.39. The van der Waals surface area contributed by atoms with E-state index in [1.165, 1.54) is 41.8 Å². The highest BCUT2D eigenvalue weighted by atomic mass is 32.1. The number of ether oxygens (including phenoxy) is 1. The lowest BCUT2D eigenvalue weighted by Gasteiger charge is -2.20. The zero-order chi connectivity index (χ0) is 18.3. The summed E-state index contributed by atoms with van der Waals surface area (Å²) in [7, 11) is 0. The Morgan fingerprint density at radius 2 is 2.04 bits per heavy atom. The average molecular weight is 383 g/mol. The largest absolute Gasteiger partial charge is 0.573 e. The fourth-order valence-electron chi connectivity index (χ4n) is 3.53. The third kappa shape index (κ3) is 3.68. The second-order valence-electron chi connectivity index (χ2n) is 6.46. The van der Waals surface area contributed by atoms with Crippen LogP contribution in [0.15, 0.2) is 30.5 Å². The Hall–Kier alpha value is -2.13. The summed E-state index contributed by atoms with van der Waals surface area (Å²) >= 11 is 1.21. The highest BCUT2D eigenvalue weighted by molar-refractivity contribution is 7.16. The van der Waals surface area contributed by atoms with E-state index >= 15 is 0 Å². The van der Waals surface area contributed by atoms with Crippen molar-refractivity contribution in [2.24, 2.45) is 0 Å². The number of hydrogen-bond donors (Lipinski definition) is 2. The maximum atomic E-state index is 12.4. The van der Waals surface area contributed by atoms with Crippen molar-refractivity contribution in [2.45, 2.75) is 43.8 Å². The summed E-state index contributed by atoms with van der Waals surface area (Å²) in [5, 5.41) is 7.09. The molecule has 26 heavy (non-hydrogen) atoms. The van der Waals surface area contributed by atoms with E-state index in [4.69, 9.17) is 0 Å². The van der Waals surface area contributed by atoms with Crippen LogP contribution in [-0.4, -0.2) is 35.4 Å². The normalized spacial score (nSPS) is 24.7. The number of carbonyl (C=O) groups excluding carboxylic acids is 1. The minimum Gasteiger partial charge on any atom is -0.406 e. The molecule has 5 nitrogen and oxygen atoms in total. The van der Waals surface area contributed by atoms with Gasteiger partial charge in [-0.1, -0.05) is 0 Å². The third-order valence-electron chi connectivity index (χ3n) is 4.68. The van der Waals surface area contributed by atoms with Gasteiger partial charge in [-0.2, -0.15) is 0 Å². The molecule has 0 aliphatic carbocycles. The molecular formula is C17H16F3N3O2S. The molecule has 1 aromatic heterocycles. The lowest BCUT2D eigenvalue weighted by atomic mass is 9.95. The summed E-state index contributed by atoms with van der Waals surface area (Å²) in [6, 6.07) is 6.42. The van der Waals surface area contributed by atoms with Crippen molar-refractivity contribution in [2.75, 3.05) is 0 Å². The molecule has 9 heteroatoms. The fourth-order valence-corrected chi connectivity index (χ4v) is 4.36. The Balaban J connectivity index is 1.41. The minimum absolute atomic E-state index is 0.144. The molecule has 2 fully saturated rings. The van der Waals surface area contributed by atoms with Crippen LogP contribution in [0.25, 0.3) is 10.6 Å². The number of benzene rings is 1. The van der Waals surface area contributed by atoms with Crippen LogP contribution in [0.4, 0.5) is 13.2 Å². The maximum Gasteiger partial charge on any atom is 0.573 e. The van der Waals surface area contributed by atoms with Crippen molar-refractivity contribution < 1.29 is 22.7 Å². The molecule has 0 saturated carbocycles. The first-order chi connectivity index (χ1) is 12.4. The van der Waals surface area contributed by atoms with Gasteiger partial charge in [0.15, 0.2) is 0 Å². The number of alkyl halides is 3. The van der Waals surface area contributed by atoms with Crippen LogP contribution in [0.3, 0.4) is 0 Å². The quantitative estimate of drug-likeness (QED) is 0.850. The summed E-state index contributed by atoms with van der Waals surface area (Å²) in [5.41, 5.74) is 0.630. The number of nitrogens with zero attached hydrogens (tertiary/aromatic N) is 1. The summed E-state index contributed by atoms with van der Waals surface area (Å²) in [4.78, 5) is 17.1. The number of carbonyl (C=O) groups is 1. The number of aromatic nitrogens is 1. The zero-order valence-electron chi connectivity index (χ0n) is 13.5. The van der Waals surface area contributed by atoms with Gasteiger partial charge in [0.2, 0.25) is 0 Å². The smallest absolute Gasteiger partial charge is 0.406 e. The second kappa shape index (κ2) is 6.55. The second-order valence-corrected chi connectivity index (χ2v) is 7.50. The van der Waals surface area contributed by atoms with E-state index in [0.717, 1.165) is 19.3 Å². The number of amides is 1. The van der Waals surface area contributed by atoms with Gasteiger partial charge in [-0.05, 0) is 43.5 Å². The molecule has 2 N–H and O–H groups in total. The maximum absolute atomic E-state index is 12.4. The van der Waals surface area contributed by atoms with E-state index in [9.17, 15) is 18.0 Å². The number of hydrogen-bond acceptors (Lipinski definition) is 5. The first-order valence-corrected chi connectivity index (χ1v) is 9.08. The first kappa shape index (κ1) is 17.3. The first-order valence-electron chi connectivity index (χ1n) is 8.26. The molecule has 2 aliphatic rings. The van der Waals surface area contributed by atoms with Crippen molar-refractivity contribution in [1.82, 2.24) is 15.6 Å². The average Bonchev–Trinajstić information content (AvgIpc) is 3.30. The van der Waals surface area contributed by atoms with Gasteiger partial charge in [0.1, 0.15) is 15.6 Å². The molecule has 2 bridgehead atoms. The molecule has 4 rings (SSSR count). The Morgan fingerprint density at radius 1 is 1.27 bits per heavy atom. The van der Waals surface area contributed by atoms with E-state index in [1.807, 2.05) is 0 Å². The highest BCUT2D eigenvalue weighted by Crippen LogP contribution is 2.31. The van der Waals surface area contributed by atoms with Crippen LogP contribution in [-0.2, 0) is 0 Å². The number of fused-ring (bicyclic) bond motifs is 2. The van der Waals surface area contributed by atoms with Gasteiger partial charge >= 0.3 is 6.36 Å². The standard InChI is InChI=1S/C17H16F3N3O2S/c18-17(19,20)25-11-4-1-9(2-5-11)16-21-8-14(26-16)15(24)23-13-7-10-3-6-12(13)22-10/h1-2,4-5,8,10,12-13,22H,3,6-7H2,(H,23,24). The van der Waals surface area contributed by atoms with E-state index in [-0.39, 0.29) is 17.7 Å². The lowest BCUT2D eigenvalue weighted by molar-refractivity contribution is -0.274. The molecule has 0 spiro atoms. The Bertz CT molecular complexity index is 806. The van der Waals surface area contributed by atoms with Crippen LogP contribution < -0.4 is 15.4 Å². The van der Waals surface area contributed by atoms with Crippen LogP contribution in [0, 0.1) is 0 Å². The molecule has 3 atom stereocenters. The molecule has 3 unspecified atom stereocenters. The Labute approximate surface area is 151 Å². The molecule has 2 saturated heterocycles. The summed E-state index contributed by atoms with van der Waals surface area (Å²) in [6.45, 7) is 0. The van der Waals surface area contributed by atoms with Crippen LogP contribution >= 0.6 is 11.3 Å². The van der Waals surface area contributed by atoms with Gasteiger partial charge in [-0.15, -0.1) is 24.5 Å². The molecule has 0 radical (unpaired) electrons. The molecule has 2 aromatic rings. The third-order valence-corrected chi connectivity index (χ3v) is 5.73. The molecule has 1 amide bonds. The van der Waals surface area contributed by atoms with Crippen molar-refractivity contribution in [1.29, 1.82) is 0 Å². The number of thiazole rings is 1. The topological polar surface area (TPSA) is 63.2 Å². The van der Waals surface area contributed by atoms with Gasteiger partial charge < -0.3 is 15.4 Å². The zero-order valence-corrected chi connectivity index (χ0v) is 14.4. The van der Waals surface area contributed by atoms with Gasteiger partial charge in [-0.25, -0.2) is 4.98 Å². The predicted molar refractivity (Wildman–Crippen MR) is 90.0 cm³/mol. The van der Waals surface area contributed by atoms with Crippen molar-refractivity contribution in [3.63, 3.8) is 0 Å². The molecule has 1 aromatic carbocycles. The van der Waals surface area contributed by atoms with Crippen LogP contribution in [0.5, 0.6) is 5.75 Å². The van der Waals surface area contributed by atoms with Gasteiger partial charge in [0.25, 0.3) is 5.91 Å². The molecule has 2 aliphatic heterocycles. The summed E-state index contributed by atoms with van der Waals surface area (Å²) in [5.74, 6) is -0.454. The number of rotatable bonds is 4. The predicted octanol–water partition coefficient (Wildman–Crippen LogP) is 3.33. The number of halogens is 3. The minimum atomic E-state index is -4.72. The van der Waals surface area contributed by atoms with Crippen LogP contribution in [0.1, 0.15) is 28.9 Å².